The number of hydrogen-bond donors (Lipinski definition) is 4. The van der Waals surface area contributed by atoms with E-state index in [1.807, 2.05) is 0 Å². The van der Waals surface area contributed by atoms with E-state index < -0.39 is 22.5 Å². The van der Waals surface area contributed by atoms with Crippen molar-refractivity contribution in [2.45, 2.75) is 12.2 Å². The van der Waals surface area contributed by atoms with Crippen LogP contribution >= 0.6 is 0 Å². The second kappa shape index (κ2) is 11.3. The highest BCUT2D eigenvalue weighted by molar-refractivity contribution is 7.83. The molecule has 4 N–H and O–H groups in total. The second-order valence-electron chi connectivity index (χ2n) is 5.76. The minimum Gasteiger partial charge on any atom is -0.390 e. The van der Waals surface area contributed by atoms with Crippen LogP contribution in [0.2, 0.25) is 0 Å². The predicted molar refractivity (Wildman–Crippen MR) is 87.1 cm³/mol. The highest BCUT2D eigenvalue weighted by atomic mass is 32.2. The minimum absolute atomic E-state index is 0.0438. The van der Waals surface area contributed by atoms with Crippen molar-refractivity contribution < 1.29 is 32.7 Å². The molecule has 1 fully saturated rings. The third-order valence-electron chi connectivity index (χ3n) is 3.55. The van der Waals surface area contributed by atoms with Gasteiger partial charge in [-0.2, -0.15) is 12.7 Å². The average Bonchev–Trinajstić information content (AvgIpc) is 2.50. The first-order valence-electron chi connectivity index (χ1n) is 7.92. The van der Waals surface area contributed by atoms with Gasteiger partial charge in [0.1, 0.15) is 0 Å². The molecule has 0 amide bonds. The molecule has 24 heavy (non-hydrogen) atoms. The highest BCUT2D eigenvalue weighted by Crippen LogP contribution is 1.98. The molecule has 0 radical (unpaired) electrons. The summed E-state index contributed by atoms with van der Waals surface area (Å²) in [5.74, 6) is 0. The number of aliphatic hydroxyl groups is 2. The van der Waals surface area contributed by atoms with Crippen molar-refractivity contribution in [1.29, 1.82) is 0 Å². The van der Waals surface area contributed by atoms with Crippen molar-refractivity contribution in [3.8, 4) is 0 Å². The number of aliphatic hydroxyl groups excluding tert-OH is 2. The summed E-state index contributed by atoms with van der Waals surface area (Å²) in [4.78, 5) is 2.15. The molecule has 0 saturated carbocycles. The van der Waals surface area contributed by atoms with Crippen molar-refractivity contribution in [3.05, 3.63) is 0 Å². The van der Waals surface area contributed by atoms with Crippen molar-refractivity contribution >= 4 is 10.3 Å². The summed E-state index contributed by atoms with van der Waals surface area (Å²) in [6, 6.07) is 0. The summed E-state index contributed by atoms with van der Waals surface area (Å²) in [6.45, 7) is 4.62. The van der Waals surface area contributed by atoms with Crippen LogP contribution in [-0.2, 0) is 19.8 Å². The van der Waals surface area contributed by atoms with Gasteiger partial charge in [-0.05, 0) is 0 Å². The van der Waals surface area contributed by atoms with Gasteiger partial charge in [0.15, 0.2) is 0 Å². The van der Waals surface area contributed by atoms with E-state index in [2.05, 4.69) is 10.2 Å². The zero-order valence-electron chi connectivity index (χ0n) is 14.0. The molecule has 1 aliphatic rings. The Kier molecular flexibility index (Phi) is 10.2. The molecule has 1 saturated heterocycles. The molecule has 0 aromatic carbocycles. The fourth-order valence-corrected chi connectivity index (χ4v) is 2.58. The van der Waals surface area contributed by atoms with Crippen LogP contribution in [0.1, 0.15) is 0 Å². The lowest BCUT2D eigenvalue weighted by Crippen LogP contribution is -2.44. The van der Waals surface area contributed by atoms with Crippen molar-refractivity contribution in [2.24, 2.45) is 0 Å². The van der Waals surface area contributed by atoms with Crippen LogP contribution in [-0.4, -0.2) is 117 Å². The Morgan fingerprint density at radius 3 is 2.58 bits per heavy atom. The molecule has 0 aliphatic carbocycles. The van der Waals surface area contributed by atoms with Crippen LogP contribution in [0.5, 0.6) is 0 Å². The third kappa shape index (κ3) is 9.81. The first-order chi connectivity index (χ1) is 11.3. The third-order valence-corrected chi connectivity index (χ3v) is 4.48. The van der Waals surface area contributed by atoms with Gasteiger partial charge in [0.25, 0.3) is 0 Å². The molecule has 0 bridgehead atoms. The number of nitrogens with zero attached hydrogens (tertiary/aromatic N) is 2. The van der Waals surface area contributed by atoms with Crippen LogP contribution in [0.25, 0.3) is 0 Å². The van der Waals surface area contributed by atoms with Crippen LogP contribution in [0, 0.1) is 0 Å². The maximum absolute atomic E-state index is 10.8. The van der Waals surface area contributed by atoms with Gasteiger partial charge in [-0.3, -0.25) is 9.45 Å². The summed E-state index contributed by atoms with van der Waals surface area (Å²) in [6.07, 6.45) is -1.50. The monoisotopic (exact) mass is 371 g/mol. The summed E-state index contributed by atoms with van der Waals surface area (Å²) >= 11 is 0. The minimum atomic E-state index is -4.29. The molecule has 2 atom stereocenters. The first-order valence-corrected chi connectivity index (χ1v) is 9.32. The van der Waals surface area contributed by atoms with Crippen LogP contribution in [0.15, 0.2) is 0 Å². The van der Waals surface area contributed by atoms with Gasteiger partial charge in [-0.1, -0.05) is 0 Å². The first kappa shape index (κ1) is 21.7. The molecule has 0 aromatic rings. The smallest absolute Gasteiger partial charge is 0.335 e. The molecule has 1 rings (SSSR count). The number of hydrogen-bond acceptors (Lipinski definition) is 8. The average molecular weight is 371 g/mol. The molecule has 11 heteroatoms. The summed E-state index contributed by atoms with van der Waals surface area (Å²) in [5.41, 5.74) is 0. The van der Waals surface area contributed by atoms with Crippen LogP contribution in [0.4, 0.5) is 0 Å². The lowest BCUT2D eigenvalue weighted by molar-refractivity contribution is 0.0132. The molecule has 144 valence electrons. The predicted octanol–water partition coefficient (Wildman–Crippen LogP) is -2.62. The number of ether oxygens (including phenoxy) is 2. The van der Waals surface area contributed by atoms with E-state index in [4.69, 9.17) is 14.0 Å². The Morgan fingerprint density at radius 2 is 1.96 bits per heavy atom. The summed E-state index contributed by atoms with van der Waals surface area (Å²) < 4.78 is 41.4. The molecular formula is C13H29N3O7S. The zero-order chi connectivity index (χ0) is 18.0. The van der Waals surface area contributed by atoms with Gasteiger partial charge < -0.3 is 25.0 Å². The Morgan fingerprint density at radius 1 is 1.29 bits per heavy atom. The molecular weight excluding hydrogens is 342 g/mol. The molecule has 1 aliphatic heterocycles. The normalized spacial score (nSPS) is 19.5. The topological polar surface area (TPSA) is 132 Å². The number of β-amino-alcohol motifs (C(OH)–C–C–N with tert-alkyl or cyclic N) is 1. The summed E-state index contributed by atoms with van der Waals surface area (Å²) in [5, 5.41) is 22.6. The van der Waals surface area contributed by atoms with E-state index in [9.17, 15) is 18.6 Å². The molecule has 0 aromatic heterocycles. The Bertz CT molecular complexity index is 431. The fraction of sp³-hybridized carbons (Fsp3) is 1.00. The largest absolute Gasteiger partial charge is 0.390 e. The van der Waals surface area contributed by atoms with Gasteiger partial charge >= 0.3 is 10.3 Å². The number of morpholine rings is 1. The Balaban J connectivity index is 1.99. The van der Waals surface area contributed by atoms with E-state index in [1.165, 1.54) is 0 Å². The standard InChI is InChI=1S/C13H29N3O7S/c1-15(24(19,20)21)9-13(18)11-23-5-2-14-8-12(17)10-16-3-6-22-7-4-16/h12-14,17-18H,2-11H2,1H3,(H,19,20,21). The van der Waals surface area contributed by atoms with Crippen LogP contribution < -0.4 is 5.32 Å². The molecule has 1 heterocycles. The zero-order valence-corrected chi connectivity index (χ0v) is 14.8. The number of rotatable bonds is 12. The lowest BCUT2D eigenvalue weighted by Gasteiger charge is -2.28. The number of nitrogens with one attached hydrogen (secondary N) is 1. The lowest BCUT2D eigenvalue weighted by atomic mass is 10.3. The number of likely N-dealkylation sites (N-methyl/N-ethyl adjacent to an activating group) is 1. The van der Waals surface area contributed by atoms with E-state index in [0.29, 0.717) is 43.8 Å². The van der Waals surface area contributed by atoms with Gasteiger partial charge in [-0.15, -0.1) is 0 Å². The van der Waals surface area contributed by atoms with Crippen LogP contribution in [0.3, 0.4) is 0 Å². The van der Waals surface area contributed by atoms with Crippen molar-refractivity contribution in [2.75, 3.05) is 72.7 Å². The van der Waals surface area contributed by atoms with Gasteiger partial charge in [0.05, 0.1) is 38.6 Å². The van der Waals surface area contributed by atoms with Gasteiger partial charge in [-0.25, -0.2) is 0 Å². The SMILES string of the molecule is CN(CC(O)COCCNCC(O)CN1CCOCC1)S(=O)(=O)O. The second-order valence-corrected chi connectivity index (χ2v) is 7.28. The van der Waals surface area contributed by atoms with Crippen molar-refractivity contribution in [1.82, 2.24) is 14.5 Å². The van der Waals surface area contributed by atoms with E-state index >= 15 is 0 Å². The fourth-order valence-electron chi connectivity index (χ4n) is 2.22. The van der Waals surface area contributed by atoms with Gasteiger partial charge in [0, 0.05) is 46.3 Å². The highest BCUT2D eigenvalue weighted by Gasteiger charge is 2.17. The van der Waals surface area contributed by atoms with Crippen molar-refractivity contribution in [3.63, 3.8) is 0 Å². The maximum atomic E-state index is 10.8. The Hall–Kier alpha value is -0.370. The maximum Gasteiger partial charge on any atom is 0.335 e. The molecule has 2 unspecified atom stereocenters. The quantitative estimate of drug-likeness (QED) is 0.215. The van der Waals surface area contributed by atoms with E-state index in [-0.39, 0.29) is 13.2 Å². The molecule has 0 spiro atoms. The van der Waals surface area contributed by atoms with E-state index in [1.54, 1.807) is 0 Å². The van der Waals surface area contributed by atoms with Gasteiger partial charge in [0.2, 0.25) is 0 Å². The molecule has 10 nitrogen and oxygen atoms in total. The summed E-state index contributed by atoms with van der Waals surface area (Å²) in [7, 11) is -3.13. The van der Waals surface area contributed by atoms with E-state index in [0.717, 1.165) is 20.1 Å². The Labute approximate surface area is 143 Å².